The van der Waals surface area contributed by atoms with E-state index < -0.39 is 5.60 Å². The van der Waals surface area contributed by atoms with Crippen molar-refractivity contribution in [2.24, 2.45) is 11.8 Å². The summed E-state index contributed by atoms with van der Waals surface area (Å²) in [5, 5.41) is 1.27. The molecule has 170 valence electrons. The number of thiazole rings is 1. The number of carbonyl (C=O) groups is 1. The number of aromatic nitrogens is 1. The van der Waals surface area contributed by atoms with Crippen LogP contribution < -0.4 is 0 Å². The predicted octanol–water partition coefficient (Wildman–Crippen LogP) is 6.06. The smallest absolute Gasteiger partial charge is 0.410 e. The van der Waals surface area contributed by atoms with Crippen molar-refractivity contribution in [2.75, 3.05) is 26.7 Å². The fourth-order valence-electron chi connectivity index (χ4n) is 5.07. The van der Waals surface area contributed by atoms with Crippen molar-refractivity contribution >= 4 is 27.6 Å². The van der Waals surface area contributed by atoms with Gasteiger partial charge in [-0.2, -0.15) is 0 Å². The maximum Gasteiger partial charge on any atom is 0.410 e. The number of benzene rings is 1. The standard InChI is InChI=1S/C25H37N3O2S/c1-16-7-9-21(28(14-16)24(29)30-25(3,4)5)18-8-10-22-20(13-18)26-23(31-22)19-11-12-27(6)15-17(19)2/h8,10,13,16-17,19,21H,7,9,11-12,14-15H2,1-6H3/t16-,17?,19?,21?/m0/s1. The lowest BCUT2D eigenvalue weighted by Gasteiger charge is -2.39. The first-order valence-electron chi connectivity index (χ1n) is 11.7. The van der Waals surface area contributed by atoms with Gasteiger partial charge in [0.1, 0.15) is 5.60 Å². The lowest BCUT2D eigenvalue weighted by Crippen LogP contribution is -2.44. The molecule has 2 aliphatic heterocycles. The average molecular weight is 444 g/mol. The summed E-state index contributed by atoms with van der Waals surface area (Å²) in [6.45, 7) is 13.4. The molecule has 2 fully saturated rings. The molecule has 1 aromatic carbocycles. The van der Waals surface area contributed by atoms with Crippen LogP contribution in [0.1, 0.15) is 76.4 Å². The van der Waals surface area contributed by atoms with Crippen LogP contribution in [-0.4, -0.2) is 53.2 Å². The van der Waals surface area contributed by atoms with Gasteiger partial charge in [0, 0.05) is 19.0 Å². The summed E-state index contributed by atoms with van der Waals surface area (Å²) >= 11 is 1.84. The van der Waals surface area contributed by atoms with Crippen molar-refractivity contribution in [2.45, 2.75) is 71.4 Å². The lowest BCUT2D eigenvalue weighted by atomic mass is 9.87. The van der Waals surface area contributed by atoms with E-state index in [1.807, 2.05) is 37.0 Å². The third kappa shape index (κ3) is 5.06. The molecule has 3 heterocycles. The van der Waals surface area contributed by atoms with Gasteiger partial charge in [-0.1, -0.05) is 19.9 Å². The van der Waals surface area contributed by atoms with Gasteiger partial charge in [-0.05, 0) is 83.2 Å². The Morgan fingerprint density at radius 2 is 1.94 bits per heavy atom. The Hall–Kier alpha value is -1.66. The van der Waals surface area contributed by atoms with Gasteiger partial charge in [0.15, 0.2) is 0 Å². The number of hydrogen-bond acceptors (Lipinski definition) is 5. The fourth-order valence-corrected chi connectivity index (χ4v) is 6.29. The van der Waals surface area contributed by atoms with Gasteiger partial charge >= 0.3 is 6.09 Å². The van der Waals surface area contributed by atoms with Crippen molar-refractivity contribution < 1.29 is 9.53 Å². The SMILES string of the molecule is CC1CN(C)CCC1c1nc2cc(C3CC[C@H](C)CN3C(=O)OC(C)(C)C)ccc2s1. The molecular formula is C25H37N3O2S. The maximum absolute atomic E-state index is 13.0. The largest absolute Gasteiger partial charge is 0.444 e. The zero-order valence-electron chi connectivity index (χ0n) is 19.9. The maximum atomic E-state index is 13.0. The molecule has 2 aromatic rings. The normalized spacial score (nSPS) is 28.1. The predicted molar refractivity (Wildman–Crippen MR) is 128 cm³/mol. The summed E-state index contributed by atoms with van der Waals surface area (Å²) in [7, 11) is 2.21. The van der Waals surface area contributed by atoms with Crippen LogP contribution in [0, 0.1) is 11.8 Å². The molecule has 31 heavy (non-hydrogen) atoms. The molecule has 0 spiro atoms. The third-order valence-corrected chi connectivity index (χ3v) is 7.85. The molecule has 3 unspecified atom stereocenters. The van der Waals surface area contributed by atoms with Crippen molar-refractivity contribution in [3.05, 3.63) is 28.8 Å². The van der Waals surface area contributed by atoms with E-state index in [2.05, 4.69) is 44.0 Å². The Morgan fingerprint density at radius 1 is 1.16 bits per heavy atom. The van der Waals surface area contributed by atoms with E-state index in [-0.39, 0.29) is 12.1 Å². The second kappa shape index (κ2) is 8.70. The number of piperidine rings is 2. The van der Waals surface area contributed by atoms with Crippen molar-refractivity contribution in [1.82, 2.24) is 14.8 Å². The quantitative estimate of drug-likeness (QED) is 0.566. The van der Waals surface area contributed by atoms with Crippen LogP contribution in [0.25, 0.3) is 10.2 Å². The summed E-state index contributed by atoms with van der Waals surface area (Å²) < 4.78 is 6.99. The highest BCUT2D eigenvalue weighted by atomic mass is 32.1. The third-order valence-electron chi connectivity index (χ3n) is 6.68. The zero-order chi connectivity index (χ0) is 22.3. The minimum atomic E-state index is -0.485. The molecule has 0 aliphatic carbocycles. The van der Waals surface area contributed by atoms with Gasteiger partial charge < -0.3 is 14.5 Å². The number of carbonyl (C=O) groups excluding carboxylic acids is 1. The number of nitrogens with zero attached hydrogens (tertiary/aromatic N) is 3. The Labute approximate surface area is 190 Å². The second-order valence-electron chi connectivity index (χ2n) is 10.7. The first-order chi connectivity index (χ1) is 14.6. The molecule has 6 heteroatoms. The van der Waals surface area contributed by atoms with Gasteiger partial charge in [0.05, 0.1) is 21.3 Å². The lowest BCUT2D eigenvalue weighted by molar-refractivity contribution is 0.00365. The summed E-state index contributed by atoms with van der Waals surface area (Å²) in [4.78, 5) is 22.4. The van der Waals surface area contributed by atoms with Crippen LogP contribution in [0.5, 0.6) is 0 Å². The molecule has 0 N–H and O–H groups in total. The van der Waals surface area contributed by atoms with Crippen LogP contribution >= 0.6 is 11.3 Å². The highest BCUT2D eigenvalue weighted by Gasteiger charge is 2.34. The van der Waals surface area contributed by atoms with E-state index in [1.54, 1.807) is 0 Å². The summed E-state index contributed by atoms with van der Waals surface area (Å²) in [5.74, 6) is 1.66. The molecule has 5 nitrogen and oxygen atoms in total. The molecule has 0 radical (unpaired) electrons. The van der Waals surface area contributed by atoms with Crippen LogP contribution in [0.15, 0.2) is 18.2 Å². The number of likely N-dealkylation sites (tertiary alicyclic amines) is 2. The monoisotopic (exact) mass is 443 g/mol. The number of rotatable bonds is 2. The number of fused-ring (bicyclic) bond motifs is 1. The van der Waals surface area contributed by atoms with Crippen molar-refractivity contribution in [3.8, 4) is 0 Å². The van der Waals surface area contributed by atoms with Gasteiger partial charge in [-0.15, -0.1) is 11.3 Å². The van der Waals surface area contributed by atoms with Crippen LogP contribution in [0.2, 0.25) is 0 Å². The van der Waals surface area contributed by atoms with E-state index in [0.29, 0.717) is 17.8 Å². The van der Waals surface area contributed by atoms with Gasteiger partial charge in [0.25, 0.3) is 0 Å². The second-order valence-corrected chi connectivity index (χ2v) is 11.8. The van der Waals surface area contributed by atoms with Gasteiger partial charge in [0.2, 0.25) is 0 Å². The van der Waals surface area contributed by atoms with Gasteiger partial charge in [-0.25, -0.2) is 9.78 Å². The summed E-state index contributed by atoms with van der Waals surface area (Å²) in [6.07, 6.45) is 3.06. The van der Waals surface area contributed by atoms with Crippen molar-refractivity contribution in [1.29, 1.82) is 0 Å². The number of hydrogen-bond donors (Lipinski definition) is 0. The topological polar surface area (TPSA) is 45.7 Å². The Kier molecular flexibility index (Phi) is 6.32. The Balaban J connectivity index is 1.60. The molecule has 2 aliphatic rings. The molecule has 4 atom stereocenters. The Morgan fingerprint density at radius 3 is 2.65 bits per heavy atom. The van der Waals surface area contributed by atoms with Crippen LogP contribution in [-0.2, 0) is 4.74 Å². The molecule has 0 saturated carbocycles. The average Bonchev–Trinajstić information content (AvgIpc) is 3.09. The van der Waals surface area contributed by atoms with E-state index in [9.17, 15) is 4.79 Å². The Bertz CT molecular complexity index is 934. The van der Waals surface area contributed by atoms with E-state index in [1.165, 1.54) is 21.7 Å². The van der Waals surface area contributed by atoms with E-state index in [0.717, 1.165) is 38.0 Å². The van der Waals surface area contributed by atoms with E-state index >= 15 is 0 Å². The van der Waals surface area contributed by atoms with Crippen molar-refractivity contribution in [3.63, 3.8) is 0 Å². The molecule has 1 amide bonds. The molecule has 0 bridgehead atoms. The zero-order valence-corrected chi connectivity index (χ0v) is 20.7. The molecule has 2 saturated heterocycles. The van der Waals surface area contributed by atoms with Gasteiger partial charge in [-0.3, -0.25) is 0 Å². The van der Waals surface area contributed by atoms with E-state index in [4.69, 9.17) is 9.72 Å². The minimum absolute atomic E-state index is 0.0582. The molecule has 4 rings (SSSR count). The highest BCUT2D eigenvalue weighted by Crippen LogP contribution is 2.39. The van der Waals surface area contributed by atoms with Crippen LogP contribution in [0.4, 0.5) is 4.79 Å². The molecule has 1 aromatic heterocycles. The first kappa shape index (κ1) is 22.5. The summed E-state index contributed by atoms with van der Waals surface area (Å²) in [5.41, 5.74) is 1.77. The number of ether oxygens (including phenoxy) is 1. The highest BCUT2D eigenvalue weighted by molar-refractivity contribution is 7.18. The number of amides is 1. The van der Waals surface area contributed by atoms with Crippen LogP contribution in [0.3, 0.4) is 0 Å². The first-order valence-corrected chi connectivity index (χ1v) is 12.5. The fraction of sp³-hybridized carbons (Fsp3) is 0.680. The molecular weight excluding hydrogens is 406 g/mol. The summed E-state index contributed by atoms with van der Waals surface area (Å²) in [6, 6.07) is 6.67. The minimum Gasteiger partial charge on any atom is -0.444 e.